The highest BCUT2D eigenvalue weighted by Crippen LogP contribution is 2.26. The molecule has 108 valence electrons. The van der Waals surface area contributed by atoms with Crippen LogP contribution in [0, 0.1) is 0 Å². The number of esters is 1. The van der Waals surface area contributed by atoms with E-state index < -0.39 is 18.0 Å². The van der Waals surface area contributed by atoms with Gasteiger partial charge in [0.25, 0.3) is 0 Å². The van der Waals surface area contributed by atoms with Gasteiger partial charge < -0.3 is 9.84 Å². The summed E-state index contributed by atoms with van der Waals surface area (Å²) in [4.78, 5) is 22.3. The Morgan fingerprint density at radius 2 is 1.33 bits per heavy atom. The molecule has 2 aromatic carbocycles. The van der Waals surface area contributed by atoms with Gasteiger partial charge in [0.2, 0.25) is 0 Å². The molecule has 0 heterocycles. The summed E-state index contributed by atoms with van der Waals surface area (Å²) in [6.45, 7) is 0. The van der Waals surface area contributed by atoms with E-state index in [1.54, 1.807) is 0 Å². The van der Waals surface area contributed by atoms with Gasteiger partial charge in [-0.05, 0) is 11.1 Å². The topological polar surface area (TPSA) is 63.6 Å². The maximum absolute atomic E-state index is 11.8. The zero-order chi connectivity index (χ0) is 15.1. The Labute approximate surface area is 123 Å². The third kappa shape index (κ3) is 4.45. The second-order valence-electron chi connectivity index (χ2n) is 4.59. The number of benzene rings is 2. The SMILES string of the molecule is O=C(O)CCC(=O)OC(c1ccccc1)c1ccccc1. The first-order valence-corrected chi connectivity index (χ1v) is 6.68. The number of hydrogen-bond acceptors (Lipinski definition) is 3. The van der Waals surface area contributed by atoms with E-state index in [4.69, 9.17) is 9.84 Å². The molecule has 0 atom stereocenters. The van der Waals surface area contributed by atoms with Gasteiger partial charge in [-0.3, -0.25) is 9.59 Å². The second kappa shape index (κ2) is 7.24. The van der Waals surface area contributed by atoms with E-state index in [1.807, 2.05) is 60.7 Å². The molecule has 0 aliphatic rings. The van der Waals surface area contributed by atoms with Gasteiger partial charge in [-0.15, -0.1) is 0 Å². The van der Waals surface area contributed by atoms with Crippen LogP contribution in [-0.4, -0.2) is 17.0 Å². The summed E-state index contributed by atoms with van der Waals surface area (Å²) in [5, 5.41) is 8.62. The van der Waals surface area contributed by atoms with Crippen LogP contribution in [0.4, 0.5) is 0 Å². The number of carbonyl (C=O) groups excluding carboxylic acids is 1. The van der Waals surface area contributed by atoms with Crippen LogP contribution < -0.4 is 0 Å². The minimum atomic E-state index is -1.01. The summed E-state index contributed by atoms with van der Waals surface area (Å²) in [7, 11) is 0. The summed E-state index contributed by atoms with van der Waals surface area (Å²) >= 11 is 0. The monoisotopic (exact) mass is 284 g/mol. The molecule has 0 aromatic heterocycles. The average molecular weight is 284 g/mol. The highest BCUT2D eigenvalue weighted by atomic mass is 16.5. The van der Waals surface area contributed by atoms with Crippen molar-refractivity contribution in [3.05, 3.63) is 71.8 Å². The molecule has 4 nitrogen and oxygen atoms in total. The maximum Gasteiger partial charge on any atom is 0.307 e. The summed E-state index contributed by atoms with van der Waals surface area (Å²) < 4.78 is 5.47. The van der Waals surface area contributed by atoms with E-state index in [0.717, 1.165) is 11.1 Å². The predicted octanol–water partition coefficient (Wildman–Crippen LogP) is 3.18. The minimum Gasteiger partial charge on any atom is -0.481 e. The molecular weight excluding hydrogens is 268 g/mol. The molecule has 0 aliphatic heterocycles. The van der Waals surface area contributed by atoms with E-state index in [9.17, 15) is 9.59 Å². The van der Waals surface area contributed by atoms with Crippen LogP contribution >= 0.6 is 0 Å². The predicted molar refractivity (Wildman–Crippen MR) is 77.7 cm³/mol. The largest absolute Gasteiger partial charge is 0.481 e. The van der Waals surface area contributed by atoms with Crippen LogP contribution in [0.5, 0.6) is 0 Å². The van der Waals surface area contributed by atoms with Crippen molar-refractivity contribution in [2.24, 2.45) is 0 Å². The number of carbonyl (C=O) groups is 2. The van der Waals surface area contributed by atoms with Crippen LogP contribution in [-0.2, 0) is 14.3 Å². The Hall–Kier alpha value is -2.62. The molecule has 2 rings (SSSR count). The van der Waals surface area contributed by atoms with Crippen molar-refractivity contribution in [2.75, 3.05) is 0 Å². The first-order chi connectivity index (χ1) is 10.2. The Kier molecular flexibility index (Phi) is 5.10. The lowest BCUT2D eigenvalue weighted by atomic mass is 10.0. The van der Waals surface area contributed by atoms with Gasteiger partial charge in [0.15, 0.2) is 6.10 Å². The third-order valence-electron chi connectivity index (χ3n) is 3.00. The highest BCUT2D eigenvalue weighted by Gasteiger charge is 2.19. The van der Waals surface area contributed by atoms with E-state index in [1.165, 1.54) is 0 Å². The Morgan fingerprint density at radius 3 is 1.76 bits per heavy atom. The summed E-state index contributed by atoms with van der Waals surface area (Å²) in [5.74, 6) is -1.53. The summed E-state index contributed by atoms with van der Waals surface area (Å²) in [5.41, 5.74) is 1.71. The van der Waals surface area contributed by atoms with Gasteiger partial charge in [-0.2, -0.15) is 0 Å². The van der Waals surface area contributed by atoms with Gasteiger partial charge in [-0.25, -0.2) is 0 Å². The normalized spacial score (nSPS) is 10.3. The molecule has 1 N–H and O–H groups in total. The van der Waals surface area contributed by atoms with E-state index >= 15 is 0 Å². The van der Waals surface area contributed by atoms with Gasteiger partial charge in [0.1, 0.15) is 0 Å². The zero-order valence-electron chi connectivity index (χ0n) is 11.4. The number of hydrogen-bond donors (Lipinski definition) is 1. The molecule has 0 saturated carbocycles. The molecule has 0 radical (unpaired) electrons. The zero-order valence-corrected chi connectivity index (χ0v) is 11.4. The fraction of sp³-hybridized carbons (Fsp3) is 0.176. The van der Waals surface area contributed by atoms with E-state index in [-0.39, 0.29) is 12.8 Å². The first kappa shape index (κ1) is 14.8. The number of rotatable bonds is 6. The van der Waals surface area contributed by atoms with Crippen LogP contribution in [0.2, 0.25) is 0 Å². The molecule has 0 unspecified atom stereocenters. The fourth-order valence-electron chi connectivity index (χ4n) is 1.98. The molecule has 0 fully saturated rings. The molecule has 2 aromatic rings. The van der Waals surface area contributed by atoms with Crippen molar-refractivity contribution in [3.8, 4) is 0 Å². The molecular formula is C17H16O4. The molecule has 0 saturated heterocycles. The Balaban J connectivity index is 2.17. The number of carboxylic acids is 1. The molecule has 0 bridgehead atoms. The number of carboxylic acid groups (broad SMARTS) is 1. The lowest BCUT2D eigenvalue weighted by Crippen LogP contribution is -2.13. The second-order valence-corrected chi connectivity index (χ2v) is 4.59. The molecule has 0 aliphatic carbocycles. The van der Waals surface area contributed by atoms with E-state index in [2.05, 4.69) is 0 Å². The van der Waals surface area contributed by atoms with Crippen molar-refractivity contribution in [1.29, 1.82) is 0 Å². The van der Waals surface area contributed by atoms with Crippen LogP contribution in [0.1, 0.15) is 30.1 Å². The van der Waals surface area contributed by atoms with Crippen LogP contribution in [0.25, 0.3) is 0 Å². The van der Waals surface area contributed by atoms with Gasteiger partial charge in [-0.1, -0.05) is 60.7 Å². The van der Waals surface area contributed by atoms with Crippen LogP contribution in [0.15, 0.2) is 60.7 Å². The minimum absolute atomic E-state index is 0.133. The molecule has 4 heteroatoms. The van der Waals surface area contributed by atoms with Crippen LogP contribution in [0.3, 0.4) is 0 Å². The summed E-state index contributed by atoms with van der Waals surface area (Å²) in [6, 6.07) is 18.8. The van der Waals surface area contributed by atoms with Crippen molar-refractivity contribution in [2.45, 2.75) is 18.9 Å². The maximum atomic E-state index is 11.8. The first-order valence-electron chi connectivity index (χ1n) is 6.68. The fourth-order valence-corrected chi connectivity index (χ4v) is 1.98. The van der Waals surface area contributed by atoms with Gasteiger partial charge in [0, 0.05) is 0 Å². The lowest BCUT2D eigenvalue weighted by molar-refractivity contribution is -0.150. The van der Waals surface area contributed by atoms with Crippen molar-refractivity contribution in [3.63, 3.8) is 0 Å². The molecule has 0 spiro atoms. The molecule has 21 heavy (non-hydrogen) atoms. The van der Waals surface area contributed by atoms with Gasteiger partial charge in [0.05, 0.1) is 12.8 Å². The Morgan fingerprint density at radius 1 is 0.857 bits per heavy atom. The number of aliphatic carboxylic acids is 1. The van der Waals surface area contributed by atoms with Crippen molar-refractivity contribution in [1.82, 2.24) is 0 Å². The van der Waals surface area contributed by atoms with Gasteiger partial charge >= 0.3 is 11.9 Å². The smallest absolute Gasteiger partial charge is 0.307 e. The average Bonchev–Trinajstić information content (AvgIpc) is 2.52. The highest BCUT2D eigenvalue weighted by molar-refractivity contribution is 5.76. The Bertz CT molecular complexity index is 553. The standard InChI is InChI=1S/C17H16O4/c18-15(19)11-12-16(20)21-17(13-7-3-1-4-8-13)14-9-5-2-6-10-14/h1-10,17H,11-12H2,(H,18,19). The third-order valence-corrected chi connectivity index (χ3v) is 3.00. The number of ether oxygens (including phenoxy) is 1. The van der Waals surface area contributed by atoms with Crippen molar-refractivity contribution < 1.29 is 19.4 Å². The lowest BCUT2D eigenvalue weighted by Gasteiger charge is -2.18. The molecule has 0 amide bonds. The summed E-state index contributed by atoms with van der Waals surface area (Å²) in [6.07, 6.45) is -0.880. The van der Waals surface area contributed by atoms with E-state index in [0.29, 0.717) is 0 Å². The quantitative estimate of drug-likeness (QED) is 0.827. The van der Waals surface area contributed by atoms with Crippen molar-refractivity contribution >= 4 is 11.9 Å².